The van der Waals surface area contributed by atoms with Crippen LogP contribution in [0.5, 0.6) is 0 Å². The van der Waals surface area contributed by atoms with Crippen molar-refractivity contribution in [2.24, 2.45) is 22.1 Å². The van der Waals surface area contributed by atoms with E-state index >= 15 is 0 Å². The summed E-state index contributed by atoms with van der Waals surface area (Å²) >= 11 is 0. The molecule has 0 amide bonds. The molecule has 9 nitrogen and oxygen atoms in total. The van der Waals surface area contributed by atoms with Crippen LogP contribution >= 0.6 is 0 Å². The first-order valence-electron chi connectivity index (χ1n) is 13.6. The van der Waals surface area contributed by atoms with Crippen molar-refractivity contribution >= 4 is 44.1 Å². The Morgan fingerprint density at radius 2 is 1.38 bits per heavy atom. The molecule has 0 radical (unpaired) electrons. The molecule has 0 atom stereocenters. The average molecular weight is 558 g/mol. The zero-order valence-electron chi connectivity index (χ0n) is 22.9. The third kappa shape index (κ3) is 7.00. The molecule has 0 saturated heterocycles. The number of hydrogen-bond donors (Lipinski definition) is 2. The van der Waals surface area contributed by atoms with Gasteiger partial charge in [-0.3, -0.25) is 0 Å². The van der Waals surface area contributed by atoms with Crippen LogP contribution in [0, 0.1) is 11.8 Å². The van der Waals surface area contributed by atoms with E-state index in [1.54, 1.807) is 24.3 Å². The van der Waals surface area contributed by atoms with Gasteiger partial charge in [-0.1, -0.05) is 30.3 Å². The summed E-state index contributed by atoms with van der Waals surface area (Å²) in [7, 11) is 0.389. The molecule has 1 aliphatic rings. The molecule has 1 saturated carbocycles. The van der Waals surface area contributed by atoms with E-state index < -0.39 is 10.0 Å². The third-order valence-corrected chi connectivity index (χ3v) is 8.71. The summed E-state index contributed by atoms with van der Waals surface area (Å²) in [6.07, 6.45) is 4.04. The van der Waals surface area contributed by atoms with Gasteiger partial charge in [-0.25, -0.2) is 18.1 Å². The Kier molecular flexibility index (Phi) is 8.66. The minimum atomic E-state index is -3.59. The van der Waals surface area contributed by atoms with Gasteiger partial charge < -0.3 is 10.2 Å². The van der Waals surface area contributed by atoms with E-state index in [2.05, 4.69) is 20.3 Å². The fourth-order valence-electron chi connectivity index (χ4n) is 4.97. The van der Waals surface area contributed by atoms with Crippen LogP contribution in [0.15, 0.2) is 94.0 Å². The summed E-state index contributed by atoms with van der Waals surface area (Å²) in [5.41, 5.74) is 2.26. The molecule has 3 aromatic carbocycles. The number of benzene rings is 3. The molecule has 1 aliphatic carbocycles. The van der Waals surface area contributed by atoms with E-state index in [0.29, 0.717) is 30.0 Å². The lowest BCUT2D eigenvalue weighted by molar-refractivity contribution is 0.284. The molecule has 1 aromatic heterocycles. The number of anilines is 2. The maximum atomic E-state index is 12.9. The number of fused-ring (bicyclic) bond motifs is 1. The van der Waals surface area contributed by atoms with Gasteiger partial charge in [0.25, 0.3) is 0 Å². The van der Waals surface area contributed by atoms with Gasteiger partial charge in [0, 0.05) is 32.6 Å². The van der Waals surface area contributed by atoms with Crippen molar-refractivity contribution in [1.82, 2.24) is 14.7 Å². The van der Waals surface area contributed by atoms with Gasteiger partial charge in [0.15, 0.2) is 0 Å². The highest BCUT2D eigenvalue weighted by atomic mass is 32.2. The third-order valence-electron chi connectivity index (χ3n) is 7.27. The molecular formula is C30H35N7O2S. The normalized spacial score (nSPS) is 17.8. The second-order valence-electron chi connectivity index (χ2n) is 10.4. The molecule has 5 rings (SSSR count). The molecule has 1 fully saturated rings. The van der Waals surface area contributed by atoms with Crippen LogP contribution in [-0.4, -0.2) is 45.6 Å². The topological polar surface area (TPSA) is 112 Å². The van der Waals surface area contributed by atoms with Crippen LogP contribution < -0.4 is 14.9 Å². The van der Waals surface area contributed by atoms with Crippen LogP contribution in [0.3, 0.4) is 0 Å². The first-order valence-corrected chi connectivity index (χ1v) is 15.1. The number of rotatable bonds is 10. The quantitative estimate of drug-likeness (QED) is 0.221. The van der Waals surface area contributed by atoms with Crippen LogP contribution in [0.1, 0.15) is 25.7 Å². The minimum absolute atomic E-state index is 0.233. The van der Waals surface area contributed by atoms with Gasteiger partial charge in [0.05, 0.1) is 21.8 Å². The van der Waals surface area contributed by atoms with Gasteiger partial charge in [-0.15, -0.1) is 0 Å². The predicted molar refractivity (Wildman–Crippen MR) is 160 cm³/mol. The monoisotopic (exact) mass is 557 g/mol. The molecule has 208 valence electrons. The van der Waals surface area contributed by atoms with E-state index in [1.807, 2.05) is 73.6 Å². The second-order valence-corrected chi connectivity index (χ2v) is 12.2. The van der Waals surface area contributed by atoms with E-state index in [4.69, 9.17) is 9.97 Å². The number of azo groups is 1. The molecule has 1 heterocycles. The fourth-order valence-corrected chi connectivity index (χ4v) is 6.08. The highest BCUT2D eigenvalue weighted by Crippen LogP contribution is 2.30. The summed E-state index contributed by atoms with van der Waals surface area (Å²) < 4.78 is 28.5. The Bertz CT molecular complexity index is 1550. The summed E-state index contributed by atoms with van der Waals surface area (Å²) in [5.74, 6) is 2.37. The molecule has 10 heteroatoms. The smallest absolute Gasteiger partial charge is 0.240 e. The number of para-hydroxylation sites is 1. The maximum absolute atomic E-state index is 12.9. The van der Waals surface area contributed by atoms with Crippen molar-refractivity contribution < 1.29 is 8.42 Å². The molecule has 0 aliphatic heterocycles. The van der Waals surface area contributed by atoms with E-state index in [-0.39, 0.29) is 4.90 Å². The van der Waals surface area contributed by atoms with E-state index in [9.17, 15) is 8.42 Å². The van der Waals surface area contributed by atoms with E-state index in [1.165, 1.54) is 0 Å². The minimum Gasteiger partial charge on any atom is -0.362 e. The molecule has 0 unspecified atom stereocenters. The standard InChI is InChI=1S/C30H35N7O2S/c1-37(2)29-27-10-6-7-11-28(27)33-30(34-29)31-20-22-12-14-23(15-13-22)21-32-40(38,39)26-18-16-25(17-19-26)36-35-24-8-4-3-5-9-24/h3-11,16-19,22-23,32H,12-15,20-21H2,1-2H3,(H,31,33,34)/b36-35+/t22-,23-. The van der Waals surface area contributed by atoms with Crippen molar-refractivity contribution in [2.75, 3.05) is 37.4 Å². The molecule has 40 heavy (non-hydrogen) atoms. The zero-order chi connectivity index (χ0) is 28.0. The Balaban J connectivity index is 1.09. The Labute approximate surface area is 235 Å². The first kappa shape index (κ1) is 27.7. The van der Waals surface area contributed by atoms with Crippen molar-refractivity contribution in [3.05, 3.63) is 78.9 Å². The number of hydrogen-bond acceptors (Lipinski definition) is 8. The lowest BCUT2D eigenvalue weighted by atomic mass is 9.82. The summed E-state index contributed by atoms with van der Waals surface area (Å²) in [5, 5.41) is 12.8. The average Bonchev–Trinajstić information content (AvgIpc) is 2.98. The van der Waals surface area contributed by atoms with Crippen LogP contribution in [-0.2, 0) is 10.0 Å². The maximum Gasteiger partial charge on any atom is 0.240 e. The van der Waals surface area contributed by atoms with Gasteiger partial charge >= 0.3 is 0 Å². The van der Waals surface area contributed by atoms with Crippen LogP contribution in [0.25, 0.3) is 10.9 Å². The van der Waals surface area contributed by atoms with Crippen molar-refractivity contribution in [1.29, 1.82) is 0 Å². The first-order chi connectivity index (χ1) is 19.4. The van der Waals surface area contributed by atoms with Gasteiger partial charge in [0.2, 0.25) is 16.0 Å². The zero-order valence-corrected chi connectivity index (χ0v) is 23.7. The molecular weight excluding hydrogens is 522 g/mol. The summed E-state index contributed by atoms with van der Waals surface area (Å²) in [4.78, 5) is 11.7. The summed E-state index contributed by atoms with van der Waals surface area (Å²) in [6.45, 7) is 1.25. The lowest BCUT2D eigenvalue weighted by Crippen LogP contribution is -2.32. The second kappa shape index (κ2) is 12.5. The van der Waals surface area contributed by atoms with Gasteiger partial charge in [0.1, 0.15) is 5.82 Å². The summed E-state index contributed by atoms with van der Waals surface area (Å²) in [6, 6.07) is 23.9. The van der Waals surface area contributed by atoms with Crippen LogP contribution in [0.4, 0.5) is 23.1 Å². The molecule has 4 aromatic rings. The van der Waals surface area contributed by atoms with Crippen molar-refractivity contribution in [2.45, 2.75) is 30.6 Å². The Morgan fingerprint density at radius 1 is 0.775 bits per heavy atom. The van der Waals surface area contributed by atoms with Crippen molar-refractivity contribution in [3.8, 4) is 0 Å². The van der Waals surface area contributed by atoms with Crippen LogP contribution in [0.2, 0.25) is 0 Å². The predicted octanol–water partition coefficient (Wildman–Crippen LogP) is 6.31. The number of aromatic nitrogens is 2. The Hall–Kier alpha value is -3.89. The van der Waals surface area contributed by atoms with Crippen molar-refractivity contribution in [3.63, 3.8) is 0 Å². The fraction of sp³-hybridized carbons (Fsp3) is 0.333. The highest BCUT2D eigenvalue weighted by Gasteiger charge is 2.23. The van der Waals surface area contributed by atoms with E-state index in [0.717, 1.165) is 54.6 Å². The van der Waals surface area contributed by atoms with Gasteiger partial charge in [-0.2, -0.15) is 15.2 Å². The lowest BCUT2D eigenvalue weighted by Gasteiger charge is -2.28. The molecule has 0 bridgehead atoms. The van der Waals surface area contributed by atoms with Gasteiger partial charge in [-0.05, 0) is 86.1 Å². The number of nitrogens with one attached hydrogen (secondary N) is 2. The largest absolute Gasteiger partial charge is 0.362 e. The molecule has 2 N–H and O–H groups in total. The number of sulfonamides is 1. The highest BCUT2D eigenvalue weighted by molar-refractivity contribution is 7.89. The Morgan fingerprint density at radius 3 is 2.05 bits per heavy atom. The number of nitrogens with zero attached hydrogens (tertiary/aromatic N) is 5. The molecule has 0 spiro atoms. The SMILES string of the molecule is CN(C)c1nc(NC[C@H]2CC[C@H](CNS(=O)(=O)c3ccc(/N=N/c4ccccc4)cc3)CC2)nc2ccccc12.